The molecule has 146 valence electrons. The van der Waals surface area contributed by atoms with Gasteiger partial charge in [-0.2, -0.15) is 0 Å². The van der Waals surface area contributed by atoms with Gasteiger partial charge in [-0.1, -0.05) is 6.07 Å². The summed E-state index contributed by atoms with van der Waals surface area (Å²) in [5.41, 5.74) is 0.386. The van der Waals surface area contributed by atoms with Gasteiger partial charge in [0.1, 0.15) is 5.75 Å². The largest absolute Gasteiger partial charge is 0.497 e. The predicted octanol–water partition coefficient (Wildman–Crippen LogP) is 4.17. The molecule has 6 nitrogen and oxygen atoms in total. The summed E-state index contributed by atoms with van der Waals surface area (Å²) in [7, 11) is 1.60. The number of carbonyl (C=O) groups is 2. The number of amides is 2. The molecule has 0 aliphatic carbocycles. The normalized spacial score (nSPS) is 10.6. The van der Waals surface area contributed by atoms with Crippen LogP contribution in [0, 0.1) is 0 Å². The number of hydrogen-bond donors (Lipinski definition) is 0. The van der Waals surface area contributed by atoms with Gasteiger partial charge in [0, 0.05) is 31.6 Å². The van der Waals surface area contributed by atoms with Crippen LogP contribution in [0.15, 0.2) is 30.3 Å². The molecule has 0 heterocycles. The lowest BCUT2D eigenvalue weighted by molar-refractivity contribution is 0.0769. The topological polar surface area (TPSA) is 59.1 Å². The van der Waals surface area contributed by atoms with Crippen LogP contribution in [0.5, 0.6) is 11.5 Å². The molecule has 0 fully saturated rings. The highest BCUT2D eigenvalue weighted by Gasteiger charge is 2.23. The van der Waals surface area contributed by atoms with Crippen molar-refractivity contribution in [2.24, 2.45) is 0 Å². The first-order valence-electron chi connectivity index (χ1n) is 9.37. The predicted molar refractivity (Wildman–Crippen MR) is 107 cm³/mol. The van der Waals surface area contributed by atoms with Crippen molar-refractivity contribution in [3.05, 3.63) is 35.9 Å². The highest BCUT2D eigenvalue weighted by Crippen LogP contribution is 2.33. The lowest BCUT2D eigenvalue weighted by Crippen LogP contribution is -2.34. The van der Waals surface area contributed by atoms with Gasteiger partial charge >= 0.3 is 6.09 Å². The van der Waals surface area contributed by atoms with E-state index in [-0.39, 0.29) is 5.91 Å². The van der Waals surface area contributed by atoms with E-state index in [0.717, 1.165) is 5.39 Å². The van der Waals surface area contributed by atoms with Crippen molar-refractivity contribution in [2.45, 2.75) is 27.7 Å². The third-order valence-electron chi connectivity index (χ3n) is 4.67. The van der Waals surface area contributed by atoms with Crippen LogP contribution >= 0.6 is 0 Å². The van der Waals surface area contributed by atoms with Crippen LogP contribution in [0.25, 0.3) is 10.8 Å². The molecule has 0 N–H and O–H groups in total. The molecule has 0 aliphatic heterocycles. The summed E-state index contributed by atoms with van der Waals surface area (Å²) in [5.74, 6) is 0.843. The number of rotatable bonds is 7. The van der Waals surface area contributed by atoms with E-state index in [2.05, 4.69) is 0 Å². The van der Waals surface area contributed by atoms with E-state index in [1.165, 1.54) is 0 Å². The fourth-order valence-corrected chi connectivity index (χ4v) is 3.00. The highest BCUT2D eigenvalue weighted by atomic mass is 16.6. The van der Waals surface area contributed by atoms with E-state index in [1.54, 1.807) is 29.0 Å². The summed E-state index contributed by atoms with van der Waals surface area (Å²) in [6, 6.07) is 9.03. The maximum absolute atomic E-state index is 13.0. The Labute approximate surface area is 160 Å². The van der Waals surface area contributed by atoms with Crippen molar-refractivity contribution < 1.29 is 19.1 Å². The van der Waals surface area contributed by atoms with Gasteiger partial charge in [0.25, 0.3) is 5.91 Å². The average molecular weight is 372 g/mol. The number of nitrogens with zero attached hydrogens (tertiary/aromatic N) is 2. The van der Waals surface area contributed by atoms with E-state index in [0.29, 0.717) is 48.6 Å². The monoisotopic (exact) mass is 372 g/mol. The summed E-state index contributed by atoms with van der Waals surface area (Å²) in [4.78, 5) is 28.8. The molecule has 2 aromatic carbocycles. The molecule has 0 radical (unpaired) electrons. The molecule has 2 aromatic rings. The molecule has 0 saturated carbocycles. The van der Waals surface area contributed by atoms with Crippen molar-refractivity contribution in [2.75, 3.05) is 33.3 Å². The molecule has 2 rings (SSSR count). The first-order chi connectivity index (χ1) is 13.0. The van der Waals surface area contributed by atoms with E-state index >= 15 is 0 Å². The lowest BCUT2D eigenvalue weighted by atomic mass is 10.0. The van der Waals surface area contributed by atoms with Crippen LogP contribution in [0.1, 0.15) is 38.1 Å². The van der Waals surface area contributed by atoms with Crippen molar-refractivity contribution in [3.8, 4) is 11.5 Å². The number of ether oxygens (including phenoxy) is 2. The summed E-state index contributed by atoms with van der Waals surface area (Å²) in [6.07, 6.45) is -0.461. The Kier molecular flexibility index (Phi) is 7.05. The van der Waals surface area contributed by atoms with Crippen LogP contribution in [-0.4, -0.2) is 55.1 Å². The third kappa shape index (κ3) is 4.32. The summed E-state index contributed by atoms with van der Waals surface area (Å²) < 4.78 is 11.0. The minimum Gasteiger partial charge on any atom is -0.497 e. The Hall–Kier alpha value is -2.76. The third-order valence-corrected chi connectivity index (χ3v) is 4.67. The van der Waals surface area contributed by atoms with Crippen LogP contribution in [0.4, 0.5) is 4.79 Å². The minimum atomic E-state index is -0.461. The Morgan fingerprint density at radius 2 is 1.52 bits per heavy atom. The van der Waals surface area contributed by atoms with Gasteiger partial charge in [-0.25, -0.2) is 4.79 Å². The van der Waals surface area contributed by atoms with Crippen molar-refractivity contribution >= 4 is 22.8 Å². The van der Waals surface area contributed by atoms with Crippen molar-refractivity contribution in [3.63, 3.8) is 0 Å². The second kappa shape index (κ2) is 9.26. The molecule has 0 aliphatic rings. The van der Waals surface area contributed by atoms with Gasteiger partial charge in [-0.15, -0.1) is 0 Å². The fourth-order valence-electron chi connectivity index (χ4n) is 3.00. The van der Waals surface area contributed by atoms with Gasteiger partial charge in [-0.05, 0) is 57.3 Å². The Bertz CT molecular complexity index is 811. The quantitative estimate of drug-likeness (QED) is 0.732. The van der Waals surface area contributed by atoms with Crippen LogP contribution in [0.2, 0.25) is 0 Å². The maximum Gasteiger partial charge on any atom is 0.415 e. The Morgan fingerprint density at radius 1 is 0.889 bits per heavy atom. The lowest BCUT2D eigenvalue weighted by Gasteiger charge is -2.23. The van der Waals surface area contributed by atoms with E-state index in [4.69, 9.17) is 9.47 Å². The van der Waals surface area contributed by atoms with E-state index in [9.17, 15) is 9.59 Å². The molecule has 0 aromatic heterocycles. The van der Waals surface area contributed by atoms with Gasteiger partial charge in [0.05, 0.1) is 12.7 Å². The first-order valence-corrected chi connectivity index (χ1v) is 9.37. The van der Waals surface area contributed by atoms with Crippen molar-refractivity contribution in [1.29, 1.82) is 0 Å². The minimum absolute atomic E-state index is 0.153. The van der Waals surface area contributed by atoms with E-state index < -0.39 is 6.09 Å². The standard InChI is InChI=1S/C21H28N2O4/c1-6-22(7-2)20(24)18-12-10-15-14-16(26-5)11-13-17(15)19(18)27-21(25)23(8-3)9-4/h10-14H,6-9H2,1-5H3. The Morgan fingerprint density at radius 3 is 2.07 bits per heavy atom. The van der Waals surface area contributed by atoms with Gasteiger partial charge in [0.2, 0.25) is 0 Å². The zero-order chi connectivity index (χ0) is 20.0. The second-order valence-corrected chi connectivity index (χ2v) is 6.05. The summed E-state index contributed by atoms with van der Waals surface area (Å²) >= 11 is 0. The highest BCUT2D eigenvalue weighted by molar-refractivity contribution is 6.05. The second-order valence-electron chi connectivity index (χ2n) is 6.05. The first kappa shape index (κ1) is 20.6. The molecule has 0 spiro atoms. The number of fused-ring (bicyclic) bond motifs is 1. The fraction of sp³-hybridized carbons (Fsp3) is 0.429. The molecule has 0 bridgehead atoms. The molecular formula is C21H28N2O4. The van der Waals surface area contributed by atoms with Crippen LogP contribution in [0.3, 0.4) is 0 Å². The molecule has 0 atom stereocenters. The number of methoxy groups -OCH3 is 1. The molecule has 27 heavy (non-hydrogen) atoms. The summed E-state index contributed by atoms with van der Waals surface area (Å²) in [5, 5.41) is 1.54. The molecule has 6 heteroatoms. The van der Waals surface area contributed by atoms with Crippen LogP contribution in [-0.2, 0) is 0 Å². The SMILES string of the molecule is CCN(CC)C(=O)Oc1c(C(=O)N(CC)CC)ccc2cc(OC)ccc12. The number of carbonyl (C=O) groups excluding carboxylic acids is 2. The molecule has 2 amide bonds. The van der Waals surface area contributed by atoms with Crippen LogP contribution < -0.4 is 9.47 Å². The molecule has 0 saturated heterocycles. The van der Waals surface area contributed by atoms with Gasteiger partial charge in [0.15, 0.2) is 5.75 Å². The van der Waals surface area contributed by atoms with Crippen molar-refractivity contribution in [1.82, 2.24) is 9.80 Å². The van der Waals surface area contributed by atoms with Gasteiger partial charge in [-0.3, -0.25) is 4.79 Å². The zero-order valence-corrected chi connectivity index (χ0v) is 16.7. The average Bonchev–Trinajstić information content (AvgIpc) is 2.69. The van der Waals surface area contributed by atoms with E-state index in [1.807, 2.05) is 45.9 Å². The Balaban J connectivity index is 2.60. The summed E-state index contributed by atoms with van der Waals surface area (Å²) in [6.45, 7) is 9.87. The van der Waals surface area contributed by atoms with Gasteiger partial charge < -0.3 is 19.3 Å². The molecule has 0 unspecified atom stereocenters. The smallest absolute Gasteiger partial charge is 0.415 e. The maximum atomic E-state index is 13.0. The molecular weight excluding hydrogens is 344 g/mol. The zero-order valence-electron chi connectivity index (χ0n) is 16.7. The number of benzene rings is 2. The number of hydrogen-bond acceptors (Lipinski definition) is 4.